The van der Waals surface area contributed by atoms with Gasteiger partial charge >= 0.3 is 0 Å². The Hall–Kier alpha value is -1.20. The number of hydrogen-bond donors (Lipinski definition) is 1. The molecule has 1 N–H and O–H groups in total. The van der Waals surface area contributed by atoms with Crippen LogP contribution >= 0.6 is 11.3 Å². The molecule has 2 heterocycles. The summed E-state index contributed by atoms with van der Waals surface area (Å²) in [5.41, 5.74) is 2.15. The van der Waals surface area contributed by atoms with Crippen molar-refractivity contribution in [2.24, 2.45) is 5.92 Å². The second-order valence-electron chi connectivity index (χ2n) is 4.50. The molecule has 2 rings (SSSR count). The van der Waals surface area contributed by atoms with Crippen molar-refractivity contribution in [3.05, 3.63) is 22.2 Å². The number of aliphatic hydroxyl groups excluding tert-OH is 1. The zero-order valence-corrected chi connectivity index (χ0v) is 11.0. The summed E-state index contributed by atoms with van der Waals surface area (Å²) in [6, 6.07) is 0. The van der Waals surface area contributed by atoms with Crippen molar-refractivity contribution in [2.45, 2.75) is 33.3 Å². The van der Waals surface area contributed by atoms with Gasteiger partial charge in [-0.1, -0.05) is 19.0 Å². The lowest BCUT2D eigenvalue weighted by Gasteiger charge is -2.10. The third kappa shape index (κ3) is 2.73. The van der Waals surface area contributed by atoms with Crippen molar-refractivity contribution in [1.29, 1.82) is 0 Å². The molecule has 0 aliphatic carbocycles. The molecule has 0 aromatic carbocycles. The van der Waals surface area contributed by atoms with E-state index in [1.54, 1.807) is 11.3 Å². The Bertz CT molecular complexity index is 490. The van der Waals surface area contributed by atoms with Crippen molar-refractivity contribution >= 4 is 11.3 Å². The zero-order chi connectivity index (χ0) is 12.4. The molecule has 0 radical (unpaired) electrons. The minimum Gasteiger partial charge on any atom is -0.392 e. The van der Waals surface area contributed by atoms with Crippen molar-refractivity contribution in [3.8, 4) is 11.4 Å². The number of aromatic nitrogens is 2. The number of thiophene rings is 1. The van der Waals surface area contributed by atoms with Crippen molar-refractivity contribution in [1.82, 2.24) is 10.1 Å². The Balaban J connectivity index is 2.14. The van der Waals surface area contributed by atoms with Crippen LogP contribution in [-0.4, -0.2) is 21.4 Å². The topological polar surface area (TPSA) is 59.2 Å². The number of aryl methyl sites for hydroxylation is 1. The molecule has 0 aliphatic heterocycles. The third-order valence-corrected chi connectivity index (χ3v) is 3.58. The highest BCUT2D eigenvalue weighted by atomic mass is 32.1. The van der Waals surface area contributed by atoms with E-state index in [0.717, 1.165) is 11.1 Å². The van der Waals surface area contributed by atoms with Crippen LogP contribution in [0.2, 0.25) is 0 Å². The van der Waals surface area contributed by atoms with Gasteiger partial charge in [-0.05, 0) is 23.8 Å². The minimum absolute atomic E-state index is 0.188. The summed E-state index contributed by atoms with van der Waals surface area (Å²) in [5.74, 6) is 1.29. The van der Waals surface area contributed by atoms with E-state index >= 15 is 0 Å². The van der Waals surface area contributed by atoms with E-state index in [1.165, 1.54) is 0 Å². The first-order chi connectivity index (χ1) is 8.08. The maximum atomic E-state index is 9.75. The van der Waals surface area contributed by atoms with E-state index < -0.39 is 6.10 Å². The van der Waals surface area contributed by atoms with Crippen LogP contribution in [0.3, 0.4) is 0 Å². The summed E-state index contributed by atoms with van der Waals surface area (Å²) < 4.78 is 5.15. The second kappa shape index (κ2) is 4.98. The van der Waals surface area contributed by atoms with E-state index in [4.69, 9.17) is 4.52 Å². The van der Waals surface area contributed by atoms with Crippen LogP contribution in [-0.2, 0) is 6.42 Å². The molecule has 0 aliphatic rings. The molecule has 0 saturated heterocycles. The van der Waals surface area contributed by atoms with Crippen molar-refractivity contribution in [3.63, 3.8) is 0 Å². The Kier molecular flexibility index (Phi) is 3.59. The smallest absolute Gasteiger partial charge is 0.229 e. The molecule has 17 heavy (non-hydrogen) atoms. The first-order valence-electron chi connectivity index (χ1n) is 5.61. The second-order valence-corrected chi connectivity index (χ2v) is 5.24. The molecule has 92 valence electrons. The van der Waals surface area contributed by atoms with Gasteiger partial charge in [-0.25, -0.2) is 0 Å². The van der Waals surface area contributed by atoms with Gasteiger partial charge < -0.3 is 9.63 Å². The standard InChI is InChI=1S/C12H16N2O2S/c1-7(2)10(15)4-11-13-12(14-16-11)9-6-17-5-8(9)3/h5-7,10,15H,4H2,1-3H3. The molecule has 1 unspecified atom stereocenters. The molecular formula is C12H16N2O2S. The summed E-state index contributed by atoms with van der Waals surface area (Å²) in [7, 11) is 0. The molecule has 2 aromatic rings. The van der Waals surface area contributed by atoms with E-state index in [1.807, 2.05) is 31.5 Å². The average molecular weight is 252 g/mol. The highest BCUT2D eigenvalue weighted by molar-refractivity contribution is 7.08. The lowest BCUT2D eigenvalue weighted by molar-refractivity contribution is 0.116. The summed E-state index contributed by atoms with van der Waals surface area (Å²) in [4.78, 5) is 4.30. The predicted molar refractivity (Wildman–Crippen MR) is 66.9 cm³/mol. The normalized spacial score (nSPS) is 13.2. The summed E-state index contributed by atoms with van der Waals surface area (Å²) in [5, 5.41) is 17.7. The van der Waals surface area contributed by atoms with Crippen LogP contribution in [0.15, 0.2) is 15.3 Å². The first kappa shape index (κ1) is 12.3. The average Bonchev–Trinajstić information content (AvgIpc) is 2.86. The van der Waals surface area contributed by atoms with Crippen molar-refractivity contribution in [2.75, 3.05) is 0 Å². The fourth-order valence-corrected chi connectivity index (χ4v) is 2.28. The SMILES string of the molecule is Cc1cscc1-c1noc(CC(O)C(C)C)n1. The molecule has 4 nitrogen and oxygen atoms in total. The van der Waals surface area contributed by atoms with Gasteiger partial charge in [-0.3, -0.25) is 0 Å². The maximum absolute atomic E-state index is 9.75. The number of nitrogens with zero attached hydrogens (tertiary/aromatic N) is 2. The van der Waals surface area contributed by atoms with Crippen LogP contribution in [0.1, 0.15) is 25.3 Å². The van der Waals surface area contributed by atoms with Gasteiger partial charge in [0.15, 0.2) is 0 Å². The van der Waals surface area contributed by atoms with E-state index in [0.29, 0.717) is 18.1 Å². The molecular weight excluding hydrogens is 236 g/mol. The van der Waals surface area contributed by atoms with Gasteiger partial charge in [0.1, 0.15) is 0 Å². The third-order valence-electron chi connectivity index (χ3n) is 2.72. The van der Waals surface area contributed by atoms with Gasteiger partial charge in [0.05, 0.1) is 12.5 Å². The monoisotopic (exact) mass is 252 g/mol. The molecule has 1 atom stereocenters. The van der Waals surface area contributed by atoms with Gasteiger partial charge in [0.2, 0.25) is 11.7 Å². The van der Waals surface area contributed by atoms with Crippen LogP contribution in [0.4, 0.5) is 0 Å². The fraction of sp³-hybridized carbons (Fsp3) is 0.500. The van der Waals surface area contributed by atoms with E-state index in [2.05, 4.69) is 10.1 Å². The van der Waals surface area contributed by atoms with E-state index in [9.17, 15) is 5.11 Å². The summed E-state index contributed by atoms with van der Waals surface area (Å²) in [6.45, 7) is 5.95. The Morgan fingerprint density at radius 1 is 1.41 bits per heavy atom. The fourth-order valence-electron chi connectivity index (χ4n) is 1.45. The highest BCUT2D eigenvalue weighted by Crippen LogP contribution is 2.24. The van der Waals surface area contributed by atoms with Crippen LogP contribution < -0.4 is 0 Å². The molecule has 2 aromatic heterocycles. The number of hydrogen-bond acceptors (Lipinski definition) is 5. The van der Waals surface area contributed by atoms with Gasteiger partial charge in [0, 0.05) is 10.9 Å². The Labute approximate surface area is 104 Å². The molecule has 0 spiro atoms. The van der Waals surface area contributed by atoms with Crippen LogP contribution in [0.5, 0.6) is 0 Å². The first-order valence-corrected chi connectivity index (χ1v) is 6.56. The van der Waals surface area contributed by atoms with E-state index in [-0.39, 0.29) is 5.92 Å². The summed E-state index contributed by atoms with van der Waals surface area (Å²) in [6.07, 6.45) is -0.0275. The summed E-state index contributed by atoms with van der Waals surface area (Å²) >= 11 is 1.62. The Morgan fingerprint density at radius 3 is 2.76 bits per heavy atom. The number of rotatable bonds is 4. The van der Waals surface area contributed by atoms with Crippen molar-refractivity contribution < 1.29 is 9.63 Å². The molecule has 5 heteroatoms. The van der Waals surface area contributed by atoms with Gasteiger partial charge in [-0.2, -0.15) is 16.3 Å². The van der Waals surface area contributed by atoms with Crippen LogP contribution in [0.25, 0.3) is 11.4 Å². The molecule has 0 bridgehead atoms. The number of aliphatic hydroxyl groups is 1. The van der Waals surface area contributed by atoms with Crippen LogP contribution in [0, 0.1) is 12.8 Å². The Morgan fingerprint density at radius 2 is 2.18 bits per heavy atom. The maximum Gasteiger partial charge on any atom is 0.229 e. The van der Waals surface area contributed by atoms with Gasteiger partial charge in [0.25, 0.3) is 0 Å². The lowest BCUT2D eigenvalue weighted by atomic mass is 10.0. The molecule has 0 amide bonds. The van der Waals surface area contributed by atoms with Gasteiger partial charge in [-0.15, -0.1) is 0 Å². The molecule has 0 fully saturated rings. The minimum atomic E-state index is -0.438. The predicted octanol–water partition coefficient (Wildman–Crippen LogP) is 2.67. The largest absolute Gasteiger partial charge is 0.392 e. The zero-order valence-electron chi connectivity index (χ0n) is 10.2. The molecule has 0 saturated carbocycles. The highest BCUT2D eigenvalue weighted by Gasteiger charge is 2.16. The quantitative estimate of drug-likeness (QED) is 0.908. The lowest BCUT2D eigenvalue weighted by Crippen LogP contribution is -2.17.